The Morgan fingerprint density at radius 2 is 2.41 bits per heavy atom. The van der Waals surface area contributed by atoms with Crippen molar-refractivity contribution in [3.63, 3.8) is 0 Å². The number of amides is 1. The van der Waals surface area contributed by atoms with E-state index in [0.29, 0.717) is 17.9 Å². The Kier molecular flexibility index (Phi) is 3.04. The fraction of sp³-hybridized carbons (Fsp3) is 0.182. The third-order valence-corrected chi connectivity index (χ3v) is 2.25. The highest BCUT2D eigenvalue weighted by molar-refractivity contribution is 6.06. The lowest BCUT2D eigenvalue weighted by atomic mass is 10.3. The van der Waals surface area contributed by atoms with Gasteiger partial charge < -0.3 is 11.1 Å². The summed E-state index contributed by atoms with van der Waals surface area (Å²) in [5.41, 5.74) is 6.93. The number of nitrogen functional groups attached to an aromatic ring is 1. The van der Waals surface area contributed by atoms with E-state index in [1.807, 2.05) is 6.92 Å². The van der Waals surface area contributed by atoms with Gasteiger partial charge in [0.1, 0.15) is 0 Å². The summed E-state index contributed by atoms with van der Waals surface area (Å²) in [5, 5.41) is 6.76. The van der Waals surface area contributed by atoms with Crippen LogP contribution in [-0.4, -0.2) is 20.7 Å². The molecule has 2 rings (SSSR count). The van der Waals surface area contributed by atoms with Crippen molar-refractivity contribution in [1.29, 1.82) is 0 Å². The number of carbonyl (C=O) groups is 1. The maximum absolute atomic E-state index is 11.9. The molecule has 0 saturated carbocycles. The number of aryl methyl sites for hydroxylation is 1. The number of nitrogens with zero attached hydrogens (tertiary/aromatic N) is 3. The van der Waals surface area contributed by atoms with Gasteiger partial charge in [-0.05, 0) is 19.1 Å². The SMILES string of the molecule is CCn1cc(N)c(C(=O)Nc2cccnc2)n1. The maximum Gasteiger partial charge on any atom is 0.278 e. The van der Waals surface area contributed by atoms with E-state index in [0.717, 1.165) is 0 Å². The summed E-state index contributed by atoms with van der Waals surface area (Å²) in [6.45, 7) is 2.60. The molecular formula is C11H13N5O. The molecule has 0 aromatic carbocycles. The fourth-order valence-electron chi connectivity index (χ4n) is 1.40. The molecule has 0 radical (unpaired) electrons. The molecule has 2 aromatic heterocycles. The van der Waals surface area contributed by atoms with E-state index in [4.69, 9.17) is 5.73 Å². The highest BCUT2D eigenvalue weighted by Gasteiger charge is 2.14. The van der Waals surface area contributed by atoms with Crippen LogP contribution in [-0.2, 0) is 6.54 Å². The summed E-state index contributed by atoms with van der Waals surface area (Å²) in [7, 11) is 0. The fourth-order valence-corrected chi connectivity index (χ4v) is 1.40. The first-order valence-electron chi connectivity index (χ1n) is 5.25. The number of aromatic nitrogens is 3. The largest absolute Gasteiger partial charge is 0.396 e. The zero-order valence-electron chi connectivity index (χ0n) is 9.42. The molecule has 0 aliphatic rings. The molecule has 0 aliphatic carbocycles. The molecule has 6 heteroatoms. The van der Waals surface area contributed by atoms with Crippen molar-refractivity contribution < 1.29 is 4.79 Å². The predicted molar refractivity (Wildman–Crippen MR) is 64.5 cm³/mol. The molecule has 0 aliphatic heterocycles. The Labute approximate surface area is 98.5 Å². The lowest BCUT2D eigenvalue weighted by Gasteiger charge is -2.02. The number of hydrogen-bond acceptors (Lipinski definition) is 4. The van der Waals surface area contributed by atoms with Gasteiger partial charge in [0.2, 0.25) is 0 Å². The zero-order valence-corrected chi connectivity index (χ0v) is 9.42. The van der Waals surface area contributed by atoms with Gasteiger partial charge in [-0.15, -0.1) is 0 Å². The van der Waals surface area contributed by atoms with Gasteiger partial charge in [0.05, 0.1) is 17.6 Å². The molecule has 1 amide bonds. The van der Waals surface area contributed by atoms with Gasteiger partial charge in [-0.2, -0.15) is 5.10 Å². The topological polar surface area (TPSA) is 85.8 Å². The lowest BCUT2D eigenvalue weighted by molar-refractivity contribution is 0.102. The Balaban J connectivity index is 2.17. The minimum Gasteiger partial charge on any atom is -0.396 e. The second kappa shape index (κ2) is 4.65. The standard InChI is InChI=1S/C11H13N5O/c1-2-16-7-9(12)10(15-16)11(17)14-8-4-3-5-13-6-8/h3-7H,2,12H2,1H3,(H,14,17). The Morgan fingerprint density at radius 3 is 3.00 bits per heavy atom. The quantitative estimate of drug-likeness (QED) is 0.829. The molecule has 2 aromatic rings. The van der Waals surface area contributed by atoms with E-state index in [1.165, 1.54) is 0 Å². The highest BCUT2D eigenvalue weighted by Crippen LogP contribution is 2.12. The molecule has 2 heterocycles. The lowest BCUT2D eigenvalue weighted by Crippen LogP contribution is -2.14. The molecule has 0 spiro atoms. The van der Waals surface area contributed by atoms with E-state index in [2.05, 4.69) is 15.4 Å². The number of nitrogens with one attached hydrogen (secondary N) is 1. The second-order valence-corrected chi connectivity index (χ2v) is 3.48. The van der Waals surface area contributed by atoms with Crippen LogP contribution in [0.3, 0.4) is 0 Å². The van der Waals surface area contributed by atoms with Gasteiger partial charge in [0, 0.05) is 18.9 Å². The van der Waals surface area contributed by atoms with Gasteiger partial charge in [-0.25, -0.2) is 0 Å². The van der Waals surface area contributed by atoms with Gasteiger partial charge in [-0.1, -0.05) is 0 Å². The van der Waals surface area contributed by atoms with Crippen LogP contribution in [0.1, 0.15) is 17.4 Å². The van der Waals surface area contributed by atoms with Crippen molar-refractivity contribution >= 4 is 17.3 Å². The average molecular weight is 231 g/mol. The number of nitrogens with two attached hydrogens (primary N) is 1. The smallest absolute Gasteiger partial charge is 0.278 e. The zero-order chi connectivity index (χ0) is 12.3. The van der Waals surface area contributed by atoms with Crippen molar-refractivity contribution in [1.82, 2.24) is 14.8 Å². The normalized spacial score (nSPS) is 10.2. The minimum absolute atomic E-state index is 0.232. The summed E-state index contributed by atoms with van der Waals surface area (Å²) in [6, 6.07) is 3.49. The molecule has 17 heavy (non-hydrogen) atoms. The van der Waals surface area contributed by atoms with Crippen LogP contribution in [0.25, 0.3) is 0 Å². The van der Waals surface area contributed by atoms with E-state index < -0.39 is 0 Å². The van der Waals surface area contributed by atoms with Crippen LogP contribution in [0.5, 0.6) is 0 Å². The van der Waals surface area contributed by atoms with Crippen LogP contribution in [0.4, 0.5) is 11.4 Å². The third-order valence-electron chi connectivity index (χ3n) is 2.25. The Bertz CT molecular complexity index is 520. The molecular weight excluding hydrogens is 218 g/mol. The van der Waals surface area contributed by atoms with Gasteiger partial charge in [0.25, 0.3) is 5.91 Å². The summed E-state index contributed by atoms with van der Waals surface area (Å²) in [5.74, 6) is -0.331. The molecule has 3 N–H and O–H groups in total. The number of pyridine rings is 1. The van der Waals surface area contributed by atoms with E-state index >= 15 is 0 Å². The van der Waals surface area contributed by atoms with Crippen LogP contribution in [0.2, 0.25) is 0 Å². The first-order chi connectivity index (χ1) is 8.20. The molecule has 0 saturated heterocycles. The number of rotatable bonds is 3. The van der Waals surface area contributed by atoms with Crippen LogP contribution in [0.15, 0.2) is 30.7 Å². The Morgan fingerprint density at radius 1 is 1.59 bits per heavy atom. The van der Waals surface area contributed by atoms with Crippen molar-refractivity contribution in [3.8, 4) is 0 Å². The summed E-state index contributed by atoms with van der Waals surface area (Å²) in [4.78, 5) is 15.8. The highest BCUT2D eigenvalue weighted by atomic mass is 16.2. The van der Waals surface area contributed by atoms with E-state index in [9.17, 15) is 4.79 Å². The molecule has 0 unspecified atom stereocenters. The van der Waals surface area contributed by atoms with Crippen molar-refractivity contribution in [2.45, 2.75) is 13.5 Å². The third kappa shape index (κ3) is 2.41. The summed E-state index contributed by atoms with van der Waals surface area (Å²) < 4.78 is 1.62. The second-order valence-electron chi connectivity index (χ2n) is 3.48. The molecule has 6 nitrogen and oxygen atoms in total. The van der Waals surface area contributed by atoms with Crippen molar-refractivity contribution in [2.75, 3.05) is 11.1 Å². The first-order valence-corrected chi connectivity index (χ1v) is 5.25. The van der Waals surface area contributed by atoms with Crippen LogP contribution in [0, 0.1) is 0 Å². The molecule has 0 atom stereocenters. The molecule has 0 bridgehead atoms. The van der Waals surface area contributed by atoms with Gasteiger partial charge >= 0.3 is 0 Å². The predicted octanol–water partition coefficient (Wildman–Crippen LogP) is 1.13. The maximum atomic E-state index is 11.9. The molecule has 88 valence electrons. The Hall–Kier alpha value is -2.37. The minimum atomic E-state index is -0.331. The summed E-state index contributed by atoms with van der Waals surface area (Å²) >= 11 is 0. The van der Waals surface area contributed by atoms with Crippen molar-refractivity contribution in [3.05, 3.63) is 36.4 Å². The van der Waals surface area contributed by atoms with Crippen molar-refractivity contribution in [2.24, 2.45) is 0 Å². The number of anilines is 2. The summed E-state index contributed by atoms with van der Waals surface area (Å²) in [6.07, 6.45) is 4.83. The number of carbonyl (C=O) groups excluding carboxylic acids is 1. The van der Waals surface area contributed by atoms with Crippen LogP contribution < -0.4 is 11.1 Å². The van der Waals surface area contributed by atoms with Gasteiger partial charge in [-0.3, -0.25) is 14.5 Å². The van der Waals surface area contributed by atoms with E-state index in [1.54, 1.807) is 35.4 Å². The number of hydrogen-bond donors (Lipinski definition) is 2. The van der Waals surface area contributed by atoms with Crippen LogP contribution >= 0.6 is 0 Å². The monoisotopic (exact) mass is 231 g/mol. The van der Waals surface area contributed by atoms with E-state index in [-0.39, 0.29) is 11.6 Å². The first kappa shape index (κ1) is 11.1. The van der Waals surface area contributed by atoms with Gasteiger partial charge in [0.15, 0.2) is 5.69 Å². The average Bonchev–Trinajstić information content (AvgIpc) is 2.72. The molecule has 0 fully saturated rings.